The zero-order valence-corrected chi connectivity index (χ0v) is 24.9. The molecule has 0 amide bonds. The molecule has 218 valence electrons. The largest absolute Gasteiger partial charge is 0.368 e. The summed E-state index contributed by atoms with van der Waals surface area (Å²) in [6.07, 6.45) is 0. The van der Waals surface area contributed by atoms with Gasteiger partial charge >= 0.3 is 0 Å². The second-order valence-corrected chi connectivity index (χ2v) is 11.6. The van der Waals surface area contributed by atoms with E-state index in [-0.39, 0.29) is 11.9 Å². The third-order valence-corrected chi connectivity index (χ3v) is 8.94. The quantitative estimate of drug-likeness (QED) is 0.215. The Labute approximate surface area is 260 Å². The smallest absolute Gasteiger partial charge is 0.179 e. The minimum Gasteiger partial charge on any atom is -0.368 e. The number of aliphatic imine (C=N–C) groups is 2. The molecule has 4 aromatic carbocycles. The van der Waals surface area contributed by atoms with Crippen LogP contribution < -0.4 is 9.80 Å². The van der Waals surface area contributed by atoms with Gasteiger partial charge in [-0.05, 0) is 67.1 Å². The maximum absolute atomic E-state index is 13.6. The van der Waals surface area contributed by atoms with Crippen molar-refractivity contribution in [2.45, 2.75) is 13.0 Å². The minimum atomic E-state index is -0.268. The maximum atomic E-state index is 13.6. The van der Waals surface area contributed by atoms with Gasteiger partial charge in [-0.2, -0.15) is 5.10 Å². The van der Waals surface area contributed by atoms with Crippen molar-refractivity contribution in [3.63, 3.8) is 0 Å². The fourth-order valence-corrected chi connectivity index (χ4v) is 6.72. The molecular formula is C35H29ClFN7. The van der Waals surface area contributed by atoms with Gasteiger partial charge in [-0.15, -0.1) is 0 Å². The molecule has 0 bridgehead atoms. The molecule has 1 atom stereocenters. The number of aromatic nitrogens is 2. The molecule has 7 nitrogen and oxygen atoms in total. The number of rotatable bonds is 3. The van der Waals surface area contributed by atoms with Crippen molar-refractivity contribution in [1.82, 2.24) is 14.7 Å². The number of fused-ring (bicyclic) bond motifs is 4. The van der Waals surface area contributed by atoms with Crippen LogP contribution in [0.15, 0.2) is 113 Å². The van der Waals surface area contributed by atoms with Crippen molar-refractivity contribution in [3.05, 3.63) is 131 Å². The number of piperazine rings is 1. The van der Waals surface area contributed by atoms with E-state index in [4.69, 9.17) is 26.7 Å². The summed E-state index contributed by atoms with van der Waals surface area (Å²) in [4.78, 5) is 17.5. The first-order valence-corrected chi connectivity index (χ1v) is 15.2. The summed E-state index contributed by atoms with van der Waals surface area (Å²) in [5, 5.41) is 5.71. The van der Waals surface area contributed by atoms with E-state index in [2.05, 4.69) is 32.9 Å². The molecule has 0 N–H and O–H groups in total. The fourth-order valence-electron chi connectivity index (χ4n) is 6.48. The first kappa shape index (κ1) is 26.7. The Morgan fingerprint density at radius 2 is 1.39 bits per heavy atom. The van der Waals surface area contributed by atoms with Gasteiger partial charge in [0.25, 0.3) is 0 Å². The van der Waals surface area contributed by atoms with Gasteiger partial charge in [-0.25, -0.2) is 19.1 Å². The predicted octanol–water partition coefficient (Wildman–Crippen LogP) is 7.48. The van der Waals surface area contributed by atoms with Crippen molar-refractivity contribution >= 4 is 46.2 Å². The highest BCUT2D eigenvalue weighted by molar-refractivity contribution is 6.48. The van der Waals surface area contributed by atoms with E-state index in [1.165, 1.54) is 12.1 Å². The SMILES string of the molecule is Cc1nn(-c2ccccc2)c2c1C(c1ccccc1Cl)N1C(=N2)C(N2CCN(c3ccc(F)cc3)CC2)=Nc2ccccc21. The van der Waals surface area contributed by atoms with Gasteiger partial charge in [0.1, 0.15) is 5.82 Å². The number of nitrogens with zero attached hydrogens (tertiary/aromatic N) is 7. The van der Waals surface area contributed by atoms with Crippen molar-refractivity contribution in [2.24, 2.45) is 9.98 Å². The molecule has 0 saturated carbocycles. The Morgan fingerprint density at radius 1 is 0.705 bits per heavy atom. The number of hydrogen-bond donors (Lipinski definition) is 0. The molecule has 9 heteroatoms. The van der Waals surface area contributed by atoms with E-state index in [0.717, 1.165) is 83.2 Å². The first-order chi connectivity index (χ1) is 21.6. The second-order valence-electron chi connectivity index (χ2n) is 11.2. The number of hydrogen-bond acceptors (Lipinski definition) is 6. The monoisotopic (exact) mass is 601 g/mol. The van der Waals surface area contributed by atoms with Crippen LogP contribution in [0.1, 0.15) is 22.9 Å². The van der Waals surface area contributed by atoms with Gasteiger partial charge < -0.3 is 14.7 Å². The summed E-state index contributed by atoms with van der Waals surface area (Å²) in [7, 11) is 0. The second kappa shape index (κ2) is 10.6. The van der Waals surface area contributed by atoms with Crippen LogP contribution >= 0.6 is 11.6 Å². The van der Waals surface area contributed by atoms with Crippen molar-refractivity contribution in [3.8, 4) is 5.69 Å². The molecule has 1 unspecified atom stereocenters. The first-order valence-electron chi connectivity index (χ1n) is 14.8. The van der Waals surface area contributed by atoms with Gasteiger partial charge in [0, 0.05) is 42.5 Å². The molecule has 8 rings (SSSR count). The van der Waals surface area contributed by atoms with Crippen molar-refractivity contribution in [1.29, 1.82) is 0 Å². The molecule has 0 radical (unpaired) electrons. The lowest BCUT2D eigenvalue weighted by Crippen LogP contribution is -2.55. The molecular weight excluding hydrogens is 573 g/mol. The summed E-state index contributed by atoms with van der Waals surface area (Å²) >= 11 is 6.96. The highest BCUT2D eigenvalue weighted by atomic mass is 35.5. The molecule has 4 heterocycles. The third-order valence-electron chi connectivity index (χ3n) is 8.59. The topological polar surface area (TPSA) is 52.3 Å². The van der Waals surface area contributed by atoms with Gasteiger partial charge in [0.2, 0.25) is 0 Å². The highest BCUT2D eigenvalue weighted by Crippen LogP contribution is 2.49. The summed E-state index contributed by atoms with van der Waals surface area (Å²) in [6, 6.07) is 32.8. The van der Waals surface area contributed by atoms with Gasteiger partial charge in [-0.1, -0.05) is 60.1 Å². The zero-order valence-electron chi connectivity index (χ0n) is 24.1. The van der Waals surface area contributed by atoms with E-state index in [1.54, 1.807) is 0 Å². The summed E-state index contributed by atoms with van der Waals surface area (Å²) < 4.78 is 15.5. The Kier molecular flexibility index (Phi) is 6.45. The fraction of sp³-hybridized carbons (Fsp3) is 0.171. The molecule has 1 aromatic heterocycles. The number of anilines is 2. The van der Waals surface area contributed by atoms with E-state index in [1.807, 2.05) is 84.4 Å². The number of para-hydroxylation sites is 3. The van der Waals surface area contributed by atoms with Crippen molar-refractivity contribution < 1.29 is 4.39 Å². The van der Waals surface area contributed by atoms with E-state index >= 15 is 0 Å². The predicted molar refractivity (Wildman–Crippen MR) is 175 cm³/mol. The van der Waals surface area contributed by atoms with E-state index in [0.29, 0.717) is 5.02 Å². The van der Waals surface area contributed by atoms with Crippen LogP contribution in [0.4, 0.5) is 27.3 Å². The van der Waals surface area contributed by atoms with Crippen LogP contribution in [0.2, 0.25) is 5.02 Å². The molecule has 0 spiro atoms. The third kappa shape index (κ3) is 4.36. The highest BCUT2D eigenvalue weighted by Gasteiger charge is 2.43. The number of halogens is 2. The standard InChI is InChI=1S/C35H29ClFN7/c1-23-31-32(27-11-5-6-12-28(27)36)43-30-14-8-7-13-29(30)38-34(35(43)39-33(31)44(40-23)26-9-3-2-4-10-26)42-21-19-41(20-22-42)25-17-15-24(37)16-18-25/h2-18,32H,19-22H2,1H3. The Hall–Kier alpha value is -4.95. The lowest BCUT2D eigenvalue weighted by atomic mass is 9.93. The number of amidine groups is 2. The van der Waals surface area contributed by atoms with E-state index < -0.39 is 0 Å². The summed E-state index contributed by atoms with van der Waals surface area (Å²) in [5.74, 6) is 2.15. The number of aryl methyl sites for hydroxylation is 1. The average molecular weight is 602 g/mol. The van der Waals surface area contributed by atoms with Crippen LogP contribution in [0.3, 0.4) is 0 Å². The van der Waals surface area contributed by atoms with Crippen molar-refractivity contribution in [2.75, 3.05) is 36.0 Å². The lowest BCUT2D eigenvalue weighted by Gasteiger charge is -2.44. The van der Waals surface area contributed by atoms with E-state index in [9.17, 15) is 4.39 Å². The maximum Gasteiger partial charge on any atom is 0.179 e. The Bertz CT molecular complexity index is 1920. The van der Waals surface area contributed by atoms with Gasteiger partial charge in [0.05, 0.1) is 28.8 Å². The molecule has 5 aromatic rings. The van der Waals surface area contributed by atoms with Gasteiger partial charge in [0.15, 0.2) is 17.5 Å². The lowest BCUT2D eigenvalue weighted by molar-refractivity contribution is 0.389. The molecule has 44 heavy (non-hydrogen) atoms. The van der Waals surface area contributed by atoms with Crippen LogP contribution in [0.5, 0.6) is 0 Å². The van der Waals surface area contributed by atoms with Crippen LogP contribution in [-0.2, 0) is 0 Å². The average Bonchev–Trinajstić information content (AvgIpc) is 3.40. The van der Waals surface area contributed by atoms with Gasteiger partial charge in [-0.3, -0.25) is 0 Å². The Balaban J connectivity index is 1.28. The van der Waals surface area contributed by atoms with Crippen LogP contribution in [0.25, 0.3) is 5.69 Å². The molecule has 1 fully saturated rings. The summed E-state index contributed by atoms with van der Waals surface area (Å²) in [5.41, 5.74) is 6.71. The molecule has 1 saturated heterocycles. The molecule has 3 aliphatic heterocycles. The van der Waals surface area contributed by atoms with Crippen LogP contribution in [0, 0.1) is 12.7 Å². The number of benzene rings is 4. The minimum absolute atomic E-state index is 0.226. The van der Waals surface area contributed by atoms with Crippen LogP contribution in [-0.4, -0.2) is 52.5 Å². The Morgan fingerprint density at radius 3 is 2.16 bits per heavy atom. The normalized spacial score (nSPS) is 17.4. The molecule has 0 aliphatic carbocycles. The zero-order chi connectivity index (χ0) is 29.8. The molecule has 3 aliphatic rings. The summed E-state index contributed by atoms with van der Waals surface area (Å²) in [6.45, 7) is 5.08.